The lowest BCUT2D eigenvalue weighted by molar-refractivity contribution is 0.102. The molecule has 0 atom stereocenters. The molecular formula is C15H12N2OS2. The molecule has 20 heavy (non-hydrogen) atoms. The summed E-state index contributed by atoms with van der Waals surface area (Å²) in [5, 5.41) is 7.58. The molecule has 3 rings (SSSR count). The summed E-state index contributed by atoms with van der Waals surface area (Å²) in [6.45, 7) is 1.94. The number of aromatic nitrogens is 1. The zero-order valence-corrected chi connectivity index (χ0v) is 12.4. The van der Waals surface area contributed by atoms with Gasteiger partial charge < -0.3 is 5.32 Å². The number of aryl methyl sites for hydroxylation is 1. The Hall–Kier alpha value is -1.98. The van der Waals surface area contributed by atoms with Crippen LogP contribution in [0.3, 0.4) is 0 Å². The third-order valence-electron chi connectivity index (χ3n) is 2.94. The van der Waals surface area contributed by atoms with Gasteiger partial charge in [0.2, 0.25) is 0 Å². The summed E-state index contributed by atoms with van der Waals surface area (Å²) >= 11 is 2.97. The highest BCUT2D eigenvalue weighted by atomic mass is 32.1. The standard InChI is InChI=1S/C15H12N2OS2/c1-10-7-19-8-12(10)14(18)17-15-13(16-9-20-15)11-5-3-2-4-6-11/h2-9H,1H3,(H,17,18). The van der Waals surface area contributed by atoms with Gasteiger partial charge >= 0.3 is 0 Å². The first-order chi connectivity index (χ1) is 9.75. The van der Waals surface area contributed by atoms with Gasteiger partial charge in [-0.1, -0.05) is 30.3 Å². The summed E-state index contributed by atoms with van der Waals surface area (Å²) in [4.78, 5) is 16.6. The van der Waals surface area contributed by atoms with E-state index in [-0.39, 0.29) is 5.91 Å². The Labute approximate surface area is 124 Å². The molecule has 0 aliphatic heterocycles. The minimum absolute atomic E-state index is 0.0785. The van der Waals surface area contributed by atoms with Crippen LogP contribution >= 0.6 is 22.7 Å². The third kappa shape index (κ3) is 2.50. The molecule has 1 amide bonds. The fourth-order valence-corrected chi connectivity index (χ4v) is 3.43. The molecule has 3 aromatic rings. The Morgan fingerprint density at radius 1 is 1.20 bits per heavy atom. The molecule has 0 radical (unpaired) electrons. The molecule has 0 unspecified atom stereocenters. The predicted octanol–water partition coefficient (Wildman–Crippen LogP) is 4.43. The van der Waals surface area contributed by atoms with E-state index in [1.165, 1.54) is 22.7 Å². The Bertz CT molecular complexity index is 731. The molecule has 0 aliphatic carbocycles. The largest absolute Gasteiger partial charge is 0.312 e. The van der Waals surface area contributed by atoms with Crippen LogP contribution in [0.2, 0.25) is 0 Å². The normalized spacial score (nSPS) is 10.4. The Balaban J connectivity index is 1.88. The maximum absolute atomic E-state index is 12.3. The van der Waals surface area contributed by atoms with E-state index in [2.05, 4.69) is 10.3 Å². The van der Waals surface area contributed by atoms with E-state index in [0.717, 1.165) is 27.4 Å². The van der Waals surface area contributed by atoms with Crippen LogP contribution in [0, 0.1) is 6.92 Å². The number of anilines is 1. The van der Waals surface area contributed by atoms with E-state index >= 15 is 0 Å². The monoisotopic (exact) mass is 300 g/mol. The Morgan fingerprint density at radius 3 is 2.70 bits per heavy atom. The average Bonchev–Trinajstić information content (AvgIpc) is 3.08. The number of carbonyl (C=O) groups is 1. The molecule has 2 aromatic heterocycles. The van der Waals surface area contributed by atoms with Crippen LogP contribution in [0.15, 0.2) is 46.6 Å². The second kappa shape index (κ2) is 5.56. The number of nitrogens with zero attached hydrogens (tertiary/aromatic N) is 1. The van der Waals surface area contributed by atoms with E-state index in [4.69, 9.17) is 0 Å². The number of amides is 1. The number of carbonyl (C=O) groups excluding carboxylic acids is 1. The van der Waals surface area contributed by atoms with Crippen molar-refractivity contribution in [3.8, 4) is 11.3 Å². The zero-order chi connectivity index (χ0) is 13.9. The van der Waals surface area contributed by atoms with Crippen molar-refractivity contribution in [2.24, 2.45) is 0 Å². The van der Waals surface area contributed by atoms with Crippen molar-refractivity contribution in [3.05, 3.63) is 57.7 Å². The van der Waals surface area contributed by atoms with Crippen molar-refractivity contribution in [2.45, 2.75) is 6.92 Å². The minimum Gasteiger partial charge on any atom is -0.312 e. The van der Waals surface area contributed by atoms with Crippen molar-refractivity contribution in [3.63, 3.8) is 0 Å². The molecule has 0 aliphatic rings. The highest BCUT2D eigenvalue weighted by molar-refractivity contribution is 7.14. The van der Waals surface area contributed by atoms with Crippen molar-refractivity contribution in [2.75, 3.05) is 5.32 Å². The minimum atomic E-state index is -0.0785. The number of thiazole rings is 1. The maximum Gasteiger partial charge on any atom is 0.257 e. The number of hydrogen-bond acceptors (Lipinski definition) is 4. The molecule has 2 heterocycles. The molecule has 1 aromatic carbocycles. The highest BCUT2D eigenvalue weighted by Crippen LogP contribution is 2.30. The number of hydrogen-bond donors (Lipinski definition) is 1. The number of thiophene rings is 1. The fourth-order valence-electron chi connectivity index (χ4n) is 1.90. The maximum atomic E-state index is 12.3. The van der Waals surface area contributed by atoms with Gasteiger partial charge in [0.15, 0.2) is 0 Å². The van der Waals surface area contributed by atoms with Gasteiger partial charge in [0.1, 0.15) is 10.7 Å². The fraction of sp³-hybridized carbons (Fsp3) is 0.0667. The Kier molecular flexibility index (Phi) is 3.62. The average molecular weight is 300 g/mol. The molecule has 0 saturated heterocycles. The van der Waals surface area contributed by atoms with Gasteiger partial charge in [-0.15, -0.1) is 11.3 Å². The van der Waals surface area contributed by atoms with Gasteiger partial charge in [0, 0.05) is 10.9 Å². The molecule has 100 valence electrons. The topological polar surface area (TPSA) is 42.0 Å². The van der Waals surface area contributed by atoms with Gasteiger partial charge in [0.25, 0.3) is 5.91 Å². The first-order valence-corrected chi connectivity index (χ1v) is 7.91. The van der Waals surface area contributed by atoms with E-state index in [1.54, 1.807) is 5.51 Å². The first-order valence-electron chi connectivity index (χ1n) is 6.09. The first kappa shape index (κ1) is 13.0. The van der Waals surface area contributed by atoms with Crippen LogP contribution in [-0.4, -0.2) is 10.9 Å². The van der Waals surface area contributed by atoms with Gasteiger partial charge in [0.05, 0.1) is 11.1 Å². The van der Waals surface area contributed by atoms with Gasteiger partial charge in [-0.3, -0.25) is 4.79 Å². The second-order valence-electron chi connectivity index (χ2n) is 4.32. The van der Waals surface area contributed by atoms with Crippen molar-refractivity contribution in [1.82, 2.24) is 4.98 Å². The van der Waals surface area contributed by atoms with E-state index in [0.29, 0.717) is 0 Å². The quantitative estimate of drug-likeness (QED) is 0.777. The van der Waals surface area contributed by atoms with Crippen LogP contribution < -0.4 is 5.32 Å². The molecule has 5 heteroatoms. The summed E-state index contributed by atoms with van der Waals surface area (Å²) < 4.78 is 0. The summed E-state index contributed by atoms with van der Waals surface area (Å²) in [5.74, 6) is -0.0785. The summed E-state index contributed by atoms with van der Waals surface area (Å²) in [5.41, 5.74) is 5.29. The molecule has 1 N–H and O–H groups in total. The summed E-state index contributed by atoms with van der Waals surface area (Å²) in [6.07, 6.45) is 0. The van der Waals surface area contributed by atoms with E-state index in [9.17, 15) is 4.79 Å². The summed E-state index contributed by atoms with van der Waals surface area (Å²) in [6, 6.07) is 9.86. The summed E-state index contributed by atoms with van der Waals surface area (Å²) in [7, 11) is 0. The lowest BCUT2D eigenvalue weighted by Crippen LogP contribution is -2.11. The second-order valence-corrected chi connectivity index (χ2v) is 5.92. The van der Waals surface area contributed by atoms with Crippen LogP contribution in [0.25, 0.3) is 11.3 Å². The number of benzene rings is 1. The molecule has 0 saturated carbocycles. The van der Waals surface area contributed by atoms with Crippen LogP contribution in [0.5, 0.6) is 0 Å². The Morgan fingerprint density at radius 2 is 2.00 bits per heavy atom. The van der Waals surface area contributed by atoms with Crippen molar-refractivity contribution < 1.29 is 4.79 Å². The van der Waals surface area contributed by atoms with Crippen LogP contribution in [0.1, 0.15) is 15.9 Å². The lowest BCUT2D eigenvalue weighted by atomic mass is 10.1. The number of nitrogens with one attached hydrogen (secondary N) is 1. The van der Waals surface area contributed by atoms with Crippen LogP contribution in [-0.2, 0) is 0 Å². The molecular weight excluding hydrogens is 288 g/mol. The van der Waals surface area contributed by atoms with Gasteiger partial charge in [-0.25, -0.2) is 4.98 Å². The molecule has 3 nitrogen and oxygen atoms in total. The smallest absolute Gasteiger partial charge is 0.257 e. The zero-order valence-electron chi connectivity index (χ0n) is 10.8. The van der Waals surface area contributed by atoms with E-state index in [1.807, 2.05) is 48.0 Å². The van der Waals surface area contributed by atoms with Gasteiger partial charge in [-0.2, -0.15) is 11.3 Å². The van der Waals surface area contributed by atoms with Crippen LogP contribution in [0.4, 0.5) is 5.00 Å². The number of rotatable bonds is 3. The lowest BCUT2D eigenvalue weighted by Gasteiger charge is -2.05. The van der Waals surface area contributed by atoms with E-state index < -0.39 is 0 Å². The van der Waals surface area contributed by atoms with Crippen molar-refractivity contribution >= 4 is 33.6 Å². The predicted molar refractivity (Wildman–Crippen MR) is 84.6 cm³/mol. The molecule has 0 bridgehead atoms. The third-order valence-corrected chi connectivity index (χ3v) is 4.55. The SMILES string of the molecule is Cc1cscc1C(=O)Nc1scnc1-c1ccccc1. The van der Waals surface area contributed by atoms with Gasteiger partial charge in [-0.05, 0) is 17.9 Å². The molecule has 0 fully saturated rings. The van der Waals surface area contributed by atoms with Crippen molar-refractivity contribution in [1.29, 1.82) is 0 Å². The highest BCUT2D eigenvalue weighted by Gasteiger charge is 2.14. The molecule has 0 spiro atoms.